The number of nitrogens with one attached hydrogen (secondary N) is 1. The molecule has 4 atom stereocenters. The molecule has 0 bridgehead atoms. The maximum absolute atomic E-state index is 11.2. The van der Waals surface area contributed by atoms with Crippen LogP contribution in [-0.4, -0.2) is 56.9 Å². The van der Waals surface area contributed by atoms with Gasteiger partial charge in [0.25, 0.3) is 0 Å². The number of aliphatic hydroxyl groups is 1. The average Bonchev–Trinajstić information content (AvgIpc) is 3.03. The van der Waals surface area contributed by atoms with E-state index in [2.05, 4.69) is 9.97 Å². The molecule has 0 spiro atoms. The molecule has 2 rings (SSSR count). The summed E-state index contributed by atoms with van der Waals surface area (Å²) in [6.45, 7) is 2.11. The first kappa shape index (κ1) is 16.8. The predicted octanol–water partition coefficient (Wildman–Crippen LogP) is -0.387. The molecule has 1 aliphatic rings. The smallest absolute Gasteiger partial charge is 0.432 e. The number of aromatic nitrogens is 2. The minimum atomic E-state index is -1.32. The summed E-state index contributed by atoms with van der Waals surface area (Å²) in [5.41, 5.74) is 0.0756. The van der Waals surface area contributed by atoms with E-state index in [1.165, 1.54) is 13.1 Å². The zero-order chi connectivity index (χ0) is 17.1. The van der Waals surface area contributed by atoms with E-state index in [1.54, 1.807) is 0 Å². The number of carbonyl (C=O) groups excluding carboxylic acids is 2. The molecule has 0 amide bonds. The van der Waals surface area contributed by atoms with E-state index in [-0.39, 0.29) is 12.3 Å². The molecular formula is C12H15N3O8. The lowest BCUT2D eigenvalue weighted by atomic mass is 10.1. The Morgan fingerprint density at radius 2 is 2.17 bits per heavy atom. The molecule has 0 aliphatic carbocycles. The van der Waals surface area contributed by atoms with Crippen LogP contribution < -0.4 is 0 Å². The minimum Gasteiger partial charge on any atom is -0.463 e. The van der Waals surface area contributed by atoms with Gasteiger partial charge in [-0.15, -0.1) is 0 Å². The zero-order valence-corrected chi connectivity index (χ0v) is 12.3. The SMILES string of the molecule is CC(=O)OC[C@H]1O[C@@H](c2c[nH]c([N+](=O)[O-])n2)[C@H](O)[C@@H]1OC(C)=O. The number of nitrogens with zero attached hydrogens (tertiary/aromatic N) is 2. The van der Waals surface area contributed by atoms with Crippen molar-refractivity contribution in [3.05, 3.63) is 22.0 Å². The largest absolute Gasteiger partial charge is 0.463 e. The van der Waals surface area contributed by atoms with Gasteiger partial charge in [0, 0.05) is 13.8 Å². The van der Waals surface area contributed by atoms with Gasteiger partial charge in [-0.3, -0.25) is 9.59 Å². The van der Waals surface area contributed by atoms with Crippen molar-refractivity contribution < 1.29 is 33.8 Å². The van der Waals surface area contributed by atoms with Crippen molar-refractivity contribution in [2.45, 2.75) is 38.3 Å². The van der Waals surface area contributed by atoms with Crippen LogP contribution in [0.3, 0.4) is 0 Å². The third kappa shape index (κ3) is 3.81. The Morgan fingerprint density at radius 1 is 1.48 bits per heavy atom. The number of carbonyl (C=O) groups is 2. The van der Waals surface area contributed by atoms with Gasteiger partial charge in [-0.05, 0) is 4.92 Å². The Balaban J connectivity index is 2.18. The van der Waals surface area contributed by atoms with Crippen molar-refractivity contribution in [1.82, 2.24) is 9.97 Å². The van der Waals surface area contributed by atoms with Gasteiger partial charge >= 0.3 is 17.9 Å². The van der Waals surface area contributed by atoms with E-state index in [0.717, 1.165) is 6.92 Å². The number of hydrogen-bond acceptors (Lipinski definition) is 9. The van der Waals surface area contributed by atoms with Crippen LogP contribution in [0.2, 0.25) is 0 Å². The number of imidazole rings is 1. The maximum atomic E-state index is 11.2. The fraction of sp³-hybridized carbons (Fsp3) is 0.583. The van der Waals surface area contributed by atoms with Crippen LogP contribution in [0, 0.1) is 10.1 Å². The van der Waals surface area contributed by atoms with Gasteiger partial charge in [0.15, 0.2) is 11.8 Å². The molecule has 2 N–H and O–H groups in total. The number of esters is 2. The van der Waals surface area contributed by atoms with Gasteiger partial charge in [-0.25, -0.2) is 4.98 Å². The van der Waals surface area contributed by atoms with Crippen LogP contribution in [-0.2, 0) is 23.8 Å². The third-order valence-electron chi connectivity index (χ3n) is 3.14. The standard InChI is InChI=1S/C12H15N3O8/c1-5(16)21-4-8-11(22-6(2)17)9(18)10(23-8)7-3-13-12(14-7)15(19)20/h3,8-11,18H,4H2,1-2H3,(H,13,14)/t8-,9+,10+,11-/m1/s1. The molecule has 11 heteroatoms. The van der Waals surface area contributed by atoms with Crippen LogP contribution in [0.5, 0.6) is 0 Å². The fourth-order valence-electron chi connectivity index (χ4n) is 2.22. The normalized spacial score (nSPS) is 26.7. The summed E-state index contributed by atoms with van der Waals surface area (Å²) in [6.07, 6.45) is -3.18. The predicted molar refractivity (Wildman–Crippen MR) is 71.0 cm³/mol. The van der Waals surface area contributed by atoms with Crippen LogP contribution in [0.4, 0.5) is 5.95 Å². The first-order chi connectivity index (χ1) is 10.8. The molecule has 126 valence electrons. The van der Waals surface area contributed by atoms with Crippen molar-refractivity contribution in [3.63, 3.8) is 0 Å². The number of H-pyrrole nitrogens is 1. The maximum Gasteiger partial charge on any atom is 0.432 e. The average molecular weight is 329 g/mol. The monoisotopic (exact) mass is 329 g/mol. The Labute approximate surface area is 129 Å². The van der Waals surface area contributed by atoms with Crippen molar-refractivity contribution in [3.8, 4) is 0 Å². The summed E-state index contributed by atoms with van der Waals surface area (Å²) in [6, 6.07) is 0. The minimum absolute atomic E-state index is 0.0756. The summed E-state index contributed by atoms with van der Waals surface area (Å²) in [7, 11) is 0. The van der Waals surface area contributed by atoms with Crippen LogP contribution in [0.15, 0.2) is 6.20 Å². The molecule has 0 unspecified atom stereocenters. The van der Waals surface area contributed by atoms with Gasteiger partial charge in [-0.1, -0.05) is 4.98 Å². The summed E-state index contributed by atoms with van der Waals surface area (Å²) in [5, 5.41) is 20.9. The van der Waals surface area contributed by atoms with Gasteiger partial charge in [0.05, 0.1) is 0 Å². The van der Waals surface area contributed by atoms with E-state index in [4.69, 9.17) is 14.2 Å². The number of aliphatic hydroxyl groups excluding tert-OH is 1. The Bertz CT molecular complexity index is 615. The van der Waals surface area contributed by atoms with E-state index < -0.39 is 47.2 Å². The highest BCUT2D eigenvalue weighted by Gasteiger charge is 2.49. The van der Waals surface area contributed by atoms with E-state index in [0.29, 0.717) is 0 Å². The van der Waals surface area contributed by atoms with Crippen LogP contribution in [0.1, 0.15) is 25.6 Å². The van der Waals surface area contributed by atoms with Gasteiger partial charge in [-0.2, -0.15) is 0 Å². The topological polar surface area (TPSA) is 154 Å². The molecule has 1 aromatic rings. The summed E-state index contributed by atoms with van der Waals surface area (Å²) < 4.78 is 15.3. The second-order valence-corrected chi connectivity index (χ2v) is 4.87. The van der Waals surface area contributed by atoms with Gasteiger partial charge < -0.3 is 29.4 Å². The number of ether oxygens (including phenoxy) is 3. The molecule has 23 heavy (non-hydrogen) atoms. The van der Waals surface area contributed by atoms with Gasteiger partial charge in [0.1, 0.15) is 31.1 Å². The first-order valence-electron chi connectivity index (χ1n) is 6.63. The molecule has 11 nitrogen and oxygen atoms in total. The number of aromatic amines is 1. The molecule has 0 aromatic carbocycles. The second-order valence-electron chi connectivity index (χ2n) is 4.87. The summed E-state index contributed by atoms with van der Waals surface area (Å²) >= 11 is 0. The quantitative estimate of drug-likeness (QED) is 0.417. The molecule has 1 fully saturated rings. The number of hydrogen-bond donors (Lipinski definition) is 2. The molecule has 1 aliphatic heterocycles. The lowest BCUT2D eigenvalue weighted by Crippen LogP contribution is -2.37. The lowest BCUT2D eigenvalue weighted by molar-refractivity contribution is -0.393. The molecule has 0 radical (unpaired) electrons. The highest BCUT2D eigenvalue weighted by molar-refractivity contribution is 5.66. The van der Waals surface area contributed by atoms with E-state index >= 15 is 0 Å². The van der Waals surface area contributed by atoms with Crippen molar-refractivity contribution in [2.75, 3.05) is 6.61 Å². The van der Waals surface area contributed by atoms with Crippen LogP contribution >= 0.6 is 0 Å². The third-order valence-corrected chi connectivity index (χ3v) is 3.14. The Kier molecular flexibility index (Phi) is 4.91. The summed E-state index contributed by atoms with van der Waals surface area (Å²) in [4.78, 5) is 38.0. The highest BCUT2D eigenvalue weighted by atomic mass is 16.6. The highest BCUT2D eigenvalue weighted by Crippen LogP contribution is 2.35. The lowest BCUT2D eigenvalue weighted by Gasteiger charge is -2.19. The molecular weight excluding hydrogens is 314 g/mol. The number of nitro groups is 1. The van der Waals surface area contributed by atoms with E-state index in [9.17, 15) is 24.8 Å². The van der Waals surface area contributed by atoms with Gasteiger partial charge in [0.2, 0.25) is 0 Å². The molecule has 1 aromatic heterocycles. The second kappa shape index (κ2) is 6.71. The van der Waals surface area contributed by atoms with Crippen LogP contribution in [0.25, 0.3) is 0 Å². The number of rotatable bonds is 5. The van der Waals surface area contributed by atoms with Crippen molar-refractivity contribution >= 4 is 17.9 Å². The fourth-order valence-corrected chi connectivity index (χ4v) is 2.22. The summed E-state index contributed by atoms with van der Waals surface area (Å²) in [5.74, 6) is -1.73. The van der Waals surface area contributed by atoms with Crippen molar-refractivity contribution in [2.24, 2.45) is 0 Å². The molecule has 0 saturated carbocycles. The molecule has 2 heterocycles. The Morgan fingerprint density at radius 3 is 2.70 bits per heavy atom. The Hall–Kier alpha value is -2.53. The molecule has 1 saturated heterocycles. The zero-order valence-electron chi connectivity index (χ0n) is 12.3. The van der Waals surface area contributed by atoms with E-state index in [1.807, 2.05) is 0 Å². The first-order valence-corrected chi connectivity index (χ1v) is 6.63. The van der Waals surface area contributed by atoms with Crippen molar-refractivity contribution in [1.29, 1.82) is 0 Å².